The number of hydrogen-bond donors (Lipinski definition) is 2. The van der Waals surface area contributed by atoms with Crippen LogP contribution in [0.3, 0.4) is 0 Å². The number of alkyl halides is 8. The van der Waals surface area contributed by atoms with Crippen LogP contribution in [-0.2, 0) is 4.79 Å². The number of rotatable bonds is 11. The van der Waals surface area contributed by atoms with Crippen molar-refractivity contribution in [3.63, 3.8) is 0 Å². The zero-order chi connectivity index (χ0) is 33.4. The van der Waals surface area contributed by atoms with Gasteiger partial charge >= 0.3 is 12.4 Å². The van der Waals surface area contributed by atoms with E-state index in [0.717, 1.165) is 12.8 Å². The lowest BCUT2D eigenvalue weighted by Gasteiger charge is -2.34. The monoisotopic (exact) mass is 661 g/mol. The van der Waals surface area contributed by atoms with Crippen LogP contribution in [0, 0.1) is 11.8 Å². The molecule has 16 heteroatoms. The lowest BCUT2D eigenvalue weighted by molar-refractivity contribution is -0.153. The predicted octanol–water partition coefficient (Wildman–Crippen LogP) is 6.64. The summed E-state index contributed by atoms with van der Waals surface area (Å²) in [7, 11) is 0. The van der Waals surface area contributed by atoms with Crippen LogP contribution >= 0.6 is 0 Å². The molecule has 0 spiro atoms. The zero-order valence-electron chi connectivity index (χ0n) is 24.3. The Labute approximate surface area is 257 Å². The molecule has 0 unspecified atom stereocenters. The Kier molecular flexibility index (Phi) is 9.19. The molecule has 2 saturated carbocycles. The standard InChI is InChI=1S/C30H31F8N5O3/c31-28(32)9-6-16(7-10-28)24(25-19(27(39)45)2-1-3-21(25)46-15-30(36,37)38)20-14-43-22(41-20)12-18(13-40-43)26(17-4-5-17)42-23(44)8-11-29(33,34)35/h1-3,12-14,16-17,24,26H,4-11,15H2,(H2,39,45)(H,42,44)/t24-,26-/m1/s1. The Morgan fingerprint density at radius 1 is 1.04 bits per heavy atom. The normalized spacial score (nSPS) is 18.7. The van der Waals surface area contributed by atoms with Gasteiger partial charge in [0, 0.05) is 36.3 Å². The number of nitrogens with zero attached hydrogens (tertiary/aromatic N) is 3. The first-order chi connectivity index (χ1) is 21.5. The van der Waals surface area contributed by atoms with E-state index < -0.39 is 80.3 Å². The molecule has 8 nitrogen and oxygen atoms in total. The van der Waals surface area contributed by atoms with Gasteiger partial charge in [-0.05, 0) is 61.3 Å². The van der Waals surface area contributed by atoms with Gasteiger partial charge in [-0.2, -0.15) is 31.4 Å². The maximum atomic E-state index is 14.2. The van der Waals surface area contributed by atoms with E-state index in [1.54, 1.807) is 6.07 Å². The molecular weight excluding hydrogens is 630 g/mol. The lowest BCUT2D eigenvalue weighted by atomic mass is 9.73. The number of imidazole rings is 1. The first-order valence-corrected chi connectivity index (χ1v) is 14.7. The summed E-state index contributed by atoms with van der Waals surface area (Å²) in [5.41, 5.74) is 6.39. The van der Waals surface area contributed by atoms with E-state index in [1.165, 1.54) is 35.1 Å². The van der Waals surface area contributed by atoms with Crippen molar-refractivity contribution in [1.29, 1.82) is 0 Å². The van der Waals surface area contributed by atoms with Gasteiger partial charge in [0.05, 0.1) is 30.6 Å². The van der Waals surface area contributed by atoms with Crippen molar-refractivity contribution < 1.29 is 49.4 Å². The Hall–Kier alpha value is -3.98. The van der Waals surface area contributed by atoms with Gasteiger partial charge in [-0.15, -0.1) is 0 Å². The first kappa shape index (κ1) is 33.4. The fraction of sp³-hybridized carbons (Fsp3) is 0.533. The van der Waals surface area contributed by atoms with Crippen molar-refractivity contribution in [2.24, 2.45) is 17.6 Å². The molecular formula is C30H31F8N5O3. The number of ether oxygens (including phenoxy) is 1. The summed E-state index contributed by atoms with van der Waals surface area (Å²) in [6.07, 6.45) is -7.91. The second-order valence-corrected chi connectivity index (χ2v) is 11.9. The Bertz CT molecular complexity index is 1570. The van der Waals surface area contributed by atoms with Crippen LogP contribution in [0.25, 0.3) is 5.65 Å². The summed E-state index contributed by atoms with van der Waals surface area (Å²) in [4.78, 5) is 29.5. The largest absolute Gasteiger partial charge is 0.484 e. The molecule has 2 aromatic heterocycles. The molecule has 2 aliphatic rings. The lowest BCUT2D eigenvalue weighted by Crippen LogP contribution is -2.30. The van der Waals surface area contributed by atoms with Gasteiger partial charge in [0.1, 0.15) is 5.75 Å². The van der Waals surface area contributed by atoms with Crippen molar-refractivity contribution in [3.8, 4) is 5.75 Å². The van der Waals surface area contributed by atoms with Crippen molar-refractivity contribution in [3.05, 3.63) is 59.0 Å². The summed E-state index contributed by atoms with van der Waals surface area (Å²) < 4.78 is 112. The van der Waals surface area contributed by atoms with Crippen LogP contribution in [0.5, 0.6) is 5.75 Å². The third-order valence-electron chi connectivity index (χ3n) is 8.35. The van der Waals surface area contributed by atoms with Gasteiger partial charge < -0.3 is 15.8 Å². The first-order valence-electron chi connectivity index (χ1n) is 14.7. The molecule has 2 heterocycles. The van der Waals surface area contributed by atoms with Gasteiger partial charge in [0.15, 0.2) is 12.3 Å². The van der Waals surface area contributed by atoms with Crippen LogP contribution in [0.2, 0.25) is 0 Å². The fourth-order valence-corrected chi connectivity index (χ4v) is 6.02. The molecule has 0 saturated heterocycles. The molecule has 1 aromatic carbocycles. The van der Waals surface area contributed by atoms with Crippen molar-refractivity contribution in [2.45, 2.75) is 81.6 Å². The number of benzene rings is 1. The number of nitrogens with one attached hydrogen (secondary N) is 1. The quantitative estimate of drug-likeness (QED) is 0.224. The smallest absolute Gasteiger partial charge is 0.422 e. The average Bonchev–Trinajstić information content (AvgIpc) is 3.72. The van der Waals surface area contributed by atoms with Crippen molar-refractivity contribution >= 4 is 17.5 Å². The van der Waals surface area contributed by atoms with Crippen LogP contribution in [0.4, 0.5) is 35.1 Å². The Balaban J connectivity index is 1.54. The van der Waals surface area contributed by atoms with E-state index in [2.05, 4.69) is 15.4 Å². The van der Waals surface area contributed by atoms with E-state index in [0.29, 0.717) is 5.56 Å². The minimum atomic E-state index is -4.72. The van der Waals surface area contributed by atoms with Crippen LogP contribution in [0.15, 0.2) is 36.7 Å². The second-order valence-electron chi connectivity index (χ2n) is 11.9. The molecule has 2 atom stereocenters. The van der Waals surface area contributed by atoms with Crippen molar-refractivity contribution in [2.75, 3.05) is 6.61 Å². The topological polar surface area (TPSA) is 112 Å². The number of carbonyl (C=O) groups is 2. The number of nitrogens with two attached hydrogens (primary N) is 1. The molecule has 0 radical (unpaired) electrons. The highest BCUT2D eigenvalue weighted by molar-refractivity contribution is 5.95. The summed E-state index contributed by atoms with van der Waals surface area (Å²) in [6, 6.07) is 4.81. The highest BCUT2D eigenvalue weighted by atomic mass is 19.4. The maximum absolute atomic E-state index is 14.2. The number of amides is 2. The van der Waals surface area contributed by atoms with E-state index in [4.69, 9.17) is 10.5 Å². The minimum Gasteiger partial charge on any atom is -0.484 e. The average molecular weight is 662 g/mol. The number of aromatic nitrogens is 3. The van der Waals surface area contributed by atoms with Gasteiger partial charge in [-0.3, -0.25) is 9.59 Å². The molecule has 2 amide bonds. The summed E-state index contributed by atoms with van der Waals surface area (Å²) >= 11 is 0. The van der Waals surface area contributed by atoms with Gasteiger partial charge in [0.2, 0.25) is 17.7 Å². The fourth-order valence-electron chi connectivity index (χ4n) is 6.02. The molecule has 2 aliphatic carbocycles. The van der Waals surface area contributed by atoms with Crippen LogP contribution < -0.4 is 15.8 Å². The number of halogens is 8. The third-order valence-corrected chi connectivity index (χ3v) is 8.35. The Morgan fingerprint density at radius 2 is 1.74 bits per heavy atom. The maximum Gasteiger partial charge on any atom is 0.422 e. The third kappa shape index (κ3) is 8.23. The van der Waals surface area contributed by atoms with Crippen LogP contribution in [-0.4, -0.2) is 51.3 Å². The number of primary amides is 1. The number of carbonyl (C=O) groups excluding carboxylic acids is 2. The second kappa shape index (κ2) is 12.7. The number of fused-ring (bicyclic) bond motifs is 1. The zero-order valence-corrected chi connectivity index (χ0v) is 24.3. The van der Waals surface area contributed by atoms with E-state index in [-0.39, 0.29) is 47.0 Å². The molecule has 5 rings (SSSR count). The molecule has 3 N–H and O–H groups in total. The summed E-state index contributed by atoms with van der Waals surface area (Å²) in [5, 5.41) is 7.00. The van der Waals surface area contributed by atoms with E-state index in [9.17, 15) is 44.7 Å². The minimum absolute atomic E-state index is 0.00844. The van der Waals surface area contributed by atoms with Gasteiger partial charge in [-0.1, -0.05) is 6.07 Å². The van der Waals surface area contributed by atoms with Crippen LogP contribution in [0.1, 0.15) is 90.5 Å². The number of hydrogen-bond acceptors (Lipinski definition) is 5. The van der Waals surface area contributed by atoms with E-state index in [1.807, 2.05) is 0 Å². The SMILES string of the molecule is NC(=O)c1cccc(OCC(F)(F)F)c1[C@@H](c1cn2ncc([C@H](NC(=O)CCC(F)(F)F)C3CC3)cc2n1)C1CCC(F)(F)CC1. The molecule has 0 aliphatic heterocycles. The molecule has 2 fully saturated rings. The molecule has 3 aromatic rings. The highest BCUT2D eigenvalue weighted by Gasteiger charge is 2.42. The molecule has 0 bridgehead atoms. The molecule has 250 valence electrons. The van der Waals surface area contributed by atoms with Gasteiger partial charge in [-0.25, -0.2) is 18.3 Å². The summed E-state index contributed by atoms with van der Waals surface area (Å²) in [5.74, 6) is -6.58. The predicted molar refractivity (Wildman–Crippen MR) is 147 cm³/mol. The highest BCUT2D eigenvalue weighted by Crippen LogP contribution is 2.48. The summed E-state index contributed by atoms with van der Waals surface area (Å²) in [6.45, 7) is -1.68. The molecule has 46 heavy (non-hydrogen) atoms. The van der Waals surface area contributed by atoms with Crippen molar-refractivity contribution in [1.82, 2.24) is 19.9 Å². The van der Waals surface area contributed by atoms with E-state index >= 15 is 0 Å². The van der Waals surface area contributed by atoms with Gasteiger partial charge in [0.25, 0.3) is 0 Å². The Morgan fingerprint density at radius 3 is 2.35 bits per heavy atom.